The zero-order valence-electron chi connectivity index (χ0n) is 24.3. The minimum atomic E-state index is -3.40. The predicted molar refractivity (Wildman–Crippen MR) is 147 cm³/mol. The van der Waals surface area contributed by atoms with E-state index in [0.717, 1.165) is 12.0 Å². The van der Waals surface area contributed by atoms with Gasteiger partial charge in [0.2, 0.25) is 0 Å². The number of nitrogens with zero attached hydrogens (tertiary/aromatic N) is 1. The Kier molecular flexibility index (Phi) is 14.4. The van der Waals surface area contributed by atoms with E-state index in [1.165, 1.54) is 41.5 Å². The van der Waals surface area contributed by atoms with Crippen molar-refractivity contribution in [1.29, 1.82) is 0 Å². The second-order valence-corrected chi connectivity index (χ2v) is 14.0. The summed E-state index contributed by atoms with van der Waals surface area (Å²) in [7, 11) is -0.379. The van der Waals surface area contributed by atoms with Crippen LogP contribution in [0.3, 0.4) is 0 Å². The van der Waals surface area contributed by atoms with Crippen LogP contribution in [0.4, 0.5) is 0 Å². The van der Waals surface area contributed by atoms with Crippen LogP contribution in [0.1, 0.15) is 83.2 Å². The van der Waals surface area contributed by atoms with E-state index in [0.29, 0.717) is 17.2 Å². The maximum Gasteiger partial charge on any atom is 0.0382 e. The molecular weight excluding hydrogens is 628 g/mol. The first kappa shape index (κ1) is 37.2. The Labute approximate surface area is 253 Å². The number of aryl methyl sites for hydroxylation is 2. The molecule has 1 fully saturated rings. The van der Waals surface area contributed by atoms with Crippen molar-refractivity contribution < 1.29 is 55.8 Å². The Morgan fingerprint density at radius 2 is 1.74 bits per heavy atom. The van der Waals surface area contributed by atoms with Crippen LogP contribution >= 0.6 is 0 Å². The van der Waals surface area contributed by atoms with Gasteiger partial charge in [-0.1, -0.05) is 39.0 Å². The Morgan fingerprint density at radius 1 is 1.13 bits per heavy atom. The molecule has 38 heavy (non-hydrogen) atoms. The number of ether oxygens (including phenoxy) is 1. The first-order chi connectivity index (χ1) is 16.6. The van der Waals surface area contributed by atoms with Crippen LogP contribution in [0.25, 0.3) is 0 Å². The van der Waals surface area contributed by atoms with Crippen molar-refractivity contribution in [3.8, 4) is 5.75 Å². The van der Waals surface area contributed by atoms with Gasteiger partial charge in [-0.3, -0.25) is 0 Å². The fraction of sp³-hybridized carbons (Fsp3) is 0.552. The van der Waals surface area contributed by atoms with Crippen molar-refractivity contribution in [3.63, 3.8) is 0 Å². The summed E-state index contributed by atoms with van der Waals surface area (Å²) in [4.78, 5) is 0.264. The quantitative estimate of drug-likeness (QED) is 0.416. The van der Waals surface area contributed by atoms with E-state index in [1.54, 1.807) is 22.8 Å². The molecule has 1 atom stereocenters. The second-order valence-electron chi connectivity index (χ2n) is 11.4. The monoisotopic (exact) mass is 672 g/mol. The van der Waals surface area contributed by atoms with Crippen LogP contribution in [-0.2, 0) is 34.3 Å². The van der Waals surface area contributed by atoms with Crippen LogP contribution in [0.2, 0.25) is 0 Å². The summed E-state index contributed by atoms with van der Waals surface area (Å²) in [5.41, 5.74) is 5.77. The standard InChI is InChI=1S/C17H27N.C12H17NO3S.2ClH.Ru/c1-7-13-10-8-9-12(2)14(13)15-16(3,4)11-17(5,6)18-15;1-9(2)16-12-7-6-11(8-10(12)3)17(14,15)13(4)5;;;/h8-10,15,18H,7,11H2,1-6H3;3,6-9H,1-2,4-5H3;2*1H;/q;;;;+2/p-2. The van der Waals surface area contributed by atoms with Crippen LogP contribution < -0.4 is 34.9 Å². The molecule has 0 amide bonds. The number of sulfonamides is 1. The van der Waals surface area contributed by atoms with Crippen molar-refractivity contribution in [2.45, 2.75) is 90.8 Å². The van der Waals surface area contributed by atoms with Gasteiger partial charge < -0.3 is 30.1 Å². The molecule has 0 bridgehead atoms. The average molecular weight is 673 g/mol. The van der Waals surface area contributed by atoms with Crippen LogP contribution in [0, 0.1) is 12.3 Å². The normalized spacial score (nSPS) is 17.6. The molecule has 0 spiro atoms. The van der Waals surface area contributed by atoms with Gasteiger partial charge in [-0.25, -0.2) is 0 Å². The van der Waals surface area contributed by atoms with Gasteiger partial charge in [0.25, 0.3) is 0 Å². The maximum absolute atomic E-state index is 12.0. The van der Waals surface area contributed by atoms with Gasteiger partial charge in [0, 0.05) is 11.6 Å². The molecule has 1 heterocycles. The first-order valence-electron chi connectivity index (χ1n) is 12.6. The van der Waals surface area contributed by atoms with E-state index < -0.39 is 10.0 Å². The Bertz CT molecular complexity index is 1180. The molecule has 1 aliphatic rings. The van der Waals surface area contributed by atoms with Gasteiger partial charge in [-0.15, -0.1) is 0 Å². The number of halogens is 2. The number of rotatable bonds is 7. The summed E-state index contributed by atoms with van der Waals surface area (Å²) in [6.45, 7) is 17.8. The summed E-state index contributed by atoms with van der Waals surface area (Å²) in [5.74, 6) is 0.682. The summed E-state index contributed by atoms with van der Waals surface area (Å²) in [5, 5.41) is 3.85. The summed E-state index contributed by atoms with van der Waals surface area (Å²) < 4.78 is 32.6. The molecule has 0 aliphatic carbocycles. The summed E-state index contributed by atoms with van der Waals surface area (Å²) in [6, 6.07) is 12.1. The van der Waals surface area contributed by atoms with Gasteiger partial charge in [-0.2, -0.15) is 0 Å². The molecule has 3 rings (SSSR count). The fourth-order valence-electron chi connectivity index (χ4n) is 5.14. The Hall–Kier alpha value is -0.817. The van der Waals surface area contributed by atoms with Crippen LogP contribution in [0.5, 0.6) is 5.75 Å². The van der Waals surface area contributed by atoms with Gasteiger partial charge in [-0.05, 0) is 55.7 Å². The number of hydrogen-bond acceptors (Lipinski definition) is 4. The Morgan fingerprint density at radius 3 is 2.18 bits per heavy atom. The van der Waals surface area contributed by atoms with Gasteiger partial charge in [0.05, 0.1) is 0 Å². The molecule has 0 saturated carbocycles. The Balaban J connectivity index is 0.000000684. The zero-order chi connectivity index (χ0) is 27.5. The molecule has 0 radical (unpaired) electrons. The van der Waals surface area contributed by atoms with Crippen molar-refractivity contribution in [2.75, 3.05) is 14.1 Å². The maximum atomic E-state index is 12.0. The van der Waals surface area contributed by atoms with Crippen molar-refractivity contribution in [2.24, 2.45) is 5.41 Å². The van der Waals surface area contributed by atoms with E-state index in [4.69, 9.17) is 4.74 Å². The molecular formula is C29H44Cl2N2O3RuS. The molecule has 1 saturated heterocycles. The smallest absolute Gasteiger partial charge is 0.0382 e. The van der Waals surface area contributed by atoms with Crippen molar-refractivity contribution in [3.05, 3.63) is 58.7 Å². The fourth-order valence-corrected chi connectivity index (χ4v) is 6.47. The van der Waals surface area contributed by atoms with Crippen LogP contribution in [0.15, 0.2) is 41.3 Å². The van der Waals surface area contributed by atoms with Gasteiger partial charge in [0.15, 0.2) is 0 Å². The molecule has 5 nitrogen and oxygen atoms in total. The van der Waals surface area contributed by atoms with Gasteiger partial charge in [0.1, 0.15) is 0 Å². The van der Waals surface area contributed by atoms with E-state index in [-0.39, 0.29) is 41.4 Å². The third-order valence-corrected chi connectivity index (χ3v) is 8.88. The van der Waals surface area contributed by atoms with E-state index in [1.807, 2.05) is 13.8 Å². The number of hydrogen-bond donors (Lipinski definition) is 1. The molecule has 1 unspecified atom stereocenters. The summed E-state index contributed by atoms with van der Waals surface area (Å²) in [6.07, 6.45) is 2.39. The SMILES string of the molecule is CC(C)Oc1ccc(S(=O)(=O)N(C)C)cc1[CH]=[Ru+2].CCc1cccc(C)c1C1NC(C)(C)CC1(C)C.[Cl-].[Cl-]. The molecule has 1 aliphatic heterocycles. The van der Waals surface area contributed by atoms with Gasteiger partial charge >= 0.3 is 118 Å². The van der Waals surface area contributed by atoms with E-state index >= 15 is 0 Å². The predicted octanol–water partition coefficient (Wildman–Crippen LogP) is -0.174. The number of benzene rings is 2. The van der Waals surface area contributed by atoms with Crippen molar-refractivity contribution in [1.82, 2.24) is 9.62 Å². The molecule has 216 valence electrons. The minimum absolute atomic E-state index is 0. The molecule has 1 N–H and O–H groups in total. The molecule has 2 aromatic carbocycles. The third kappa shape index (κ3) is 9.11. The minimum Gasteiger partial charge on any atom is -1.00 e. The second kappa shape index (κ2) is 14.7. The van der Waals surface area contributed by atoms with Crippen LogP contribution in [-0.4, -0.2) is 43.1 Å². The molecule has 9 heteroatoms. The molecule has 0 aromatic heterocycles. The average Bonchev–Trinajstić information content (AvgIpc) is 2.99. The van der Waals surface area contributed by atoms with E-state index in [9.17, 15) is 8.42 Å². The van der Waals surface area contributed by atoms with E-state index in [2.05, 4.69) is 82.9 Å². The summed E-state index contributed by atoms with van der Waals surface area (Å²) >= 11 is 2.37. The van der Waals surface area contributed by atoms with Crippen molar-refractivity contribution >= 4 is 14.6 Å². The molecule has 2 aromatic rings. The zero-order valence-corrected chi connectivity index (χ0v) is 28.4. The topological polar surface area (TPSA) is 58.6 Å². The first-order valence-corrected chi connectivity index (χ1v) is 15.0. The largest absolute Gasteiger partial charge is 1.00 e. The third-order valence-electron chi connectivity index (χ3n) is 6.53. The number of nitrogens with one attached hydrogen (secondary N) is 1.